The zero-order valence-corrected chi connectivity index (χ0v) is 14.4. The fourth-order valence-electron chi connectivity index (χ4n) is 2.78. The minimum absolute atomic E-state index is 0.0529. The molecule has 1 aliphatic heterocycles. The molecular formula is C19H11F3N2O2S. The highest BCUT2D eigenvalue weighted by atomic mass is 32.1. The molecular weight excluding hydrogens is 377 g/mol. The molecule has 0 unspecified atom stereocenters. The first-order chi connectivity index (χ1) is 12.8. The van der Waals surface area contributed by atoms with E-state index >= 15 is 0 Å². The molecule has 0 spiro atoms. The van der Waals surface area contributed by atoms with Crippen LogP contribution in [0.1, 0.15) is 10.4 Å². The van der Waals surface area contributed by atoms with Crippen molar-refractivity contribution in [1.29, 1.82) is 0 Å². The van der Waals surface area contributed by atoms with Gasteiger partial charge in [-0.1, -0.05) is 24.3 Å². The Morgan fingerprint density at radius 2 is 1.78 bits per heavy atom. The third kappa shape index (κ3) is 3.19. The van der Waals surface area contributed by atoms with E-state index in [-0.39, 0.29) is 11.3 Å². The van der Waals surface area contributed by atoms with Gasteiger partial charge in [-0.05, 0) is 41.8 Å². The number of hydrogen-bond donors (Lipinski definition) is 1. The number of alkyl halides is 3. The number of benzene rings is 2. The number of nitrogens with one attached hydrogen (secondary N) is 1. The lowest BCUT2D eigenvalue weighted by atomic mass is 10.1. The van der Waals surface area contributed by atoms with E-state index in [2.05, 4.69) is 5.43 Å². The Morgan fingerprint density at radius 3 is 2.52 bits per heavy atom. The summed E-state index contributed by atoms with van der Waals surface area (Å²) in [6, 6.07) is 13.7. The van der Waals surface area contributed by atoms with Gasteiger partial charge in [0, 0.05) is 9.58 Å². The van der Waals surface area contributed by atoms with E-state index in [9.17, 15) is 22.8 Å². The molecule has 1 fully saturated rings. The zero-order chi connectivity index (χ0) is 19.2. The van der Waals surface area contributed by atoms with Crippen molar-refractivity contribution in [2.24, 2.45) is 0 Å². The van der Waals surface area contributed by atoms with E-state index in [1.807, 2.05) is 30.3 Å². The number of anilines is 1. The van der Waals surface area contributed by atoms with Gasteiger partial charge in [0.25, 0.3) is 11.8 Å². The zero-order valence-electron chi connectivity index (χ0n) is 13.6. The summed E-state index contributed by atoms with van der Waals surface area (Å²) in [5.41, 5.74) is 1.24. The maximum Gasteiger partial charge on any atom is 0.416 e. The Labute approximate surface area is 155 Å². The minimum Gasteiger partial charge on any atom is -0.267 e. The normalized spacial score (nSPS) is 16.4. The van der Waals surface area contributed by atoms with Gasteiger partial charge in [-0.3, -0.25) is 15.0 Å². The fourth-order valence-corrected chi connectivity index (χ4v) is 3.78. The quantitative estimate of drug-likeness (QED) is 0.523. The maximum absolute atomic E-state index is 12.9. The Balaban J connectivity index is 1.68. The van der Waals surface area contributed by atoms with Crippen LogP contribution < -0.4 is 10.4 Å². The summed E-state index contributed by atoms with van der Waals surface area (Å²) >= 11 is 1.42. The van der Waals surface area contributed by atoms with Crippen molar-refractivity contribution in [3.8, 4) is 0 Å². The predicted molar refractivity (Wildman–Crippen MR) is 96.9 cm³/mol. The van der Waals surface area contributed by atoms with E-state index in [0.29, 0.717) is 4.88 Å². The minimum atomic E-state index is -4.54. The van der Waals surface area contributed by atoms with Crippen LogP contribution in [0.15, 0.2) is 60.2 Å². The first kappa shape index (κ1) is 17.3. The number of nitrogens with zero attached hydrogens (tertiary/aromatic N) is 1. The lowest BCUT2D eigenvalue weighted by Gasteiger charge is -2.16. The van der Waals surface area contributed by atoms with E-state index in [1.165, 1.54) is 29.5 Å². The molecule has 0 radical (unpaired) electrons. The Bertz CT molecular complexity index is 1070. The van der Waals surface area contributed by atoms with Gasteiger partial charge in [0.1, 0.15) is 5.57 Å². The molecule has 1 aliphatic rings. The van der Waals surface area contributed by atoms with Crippen LogP contribution in [0.4, 0.5) is 18.9 Å². The third-order valence-electron chi connectivity index (χ3n) is 4.05. The van der Waals surface area contributed by atoms with Crippen molar-refractivity contribution >= 4 is 45.0 Å². The van der Waals surface area contributed by atoms with E-state index in [4.69, 9.17) is 0 Å². The third-order valence-corrected chi connectivity index (χ3v) is 5.12. The smallest absolute Gasteiger partial charge is 0.267 e. The number of fused-ring (bicyclic) bond motifs is 1. The van der Waals surface area contributed by atoms with Gasteiger partial charge in [-0.2, -0.15) is 13.2 Å². The molecule has 0 aliphatic carbocycles. The van der Waals surface area contributed by atoms with Crippen molar-refractivity contribution < 1.29 is 22.8 Å². The van der Waals surface area contributed by atoms with Crippen LogP contribution in [-0.2, 0) is 15.8 Å². The molecule has 2 amide bonds. The summed E-state index contributed by atoms with van der Waals surface area (Å²) in [6.07, 6.45) is -3.09. The number of hydrogen-bond acceptors (Lipinski definition) is 3. The SMILES string of the molecule is O=C1NN(c2cccc(C(F)(F)F)c2)C(=O)C1=Cc1cc2ccccc2s1. The molecule has 4 nitrogen and oxygen atoms in total. The molecule has 0 saturated carbocycles. The van der Waals surface area contributed by atoms with Crippen LogP contribution in [0.25, 0.3) is 16.2 Å². The molecule has 2 aromatic carbocycles. The molecule has 4 rings (SSSR count). The van der Waals surface area contributed by atoms with Crippen molar-refractivity contribution in [3.05, 3.63) is 70.6 Å². The van der Waals surface area contributed by atoms with Gasteiger partial charge in [0.05, 0.1) is 11.3 Å². The van der Waals surface area contributed by atoms with E-state index in [0.717, 1.165) is 27.2 Å². The van der Waals surface area contributed by atoms with Gasteiger partial charge in [0.2, 0.25) is 0 Å². The van der Waals surface area contributed by atoms with Crippen LogP contribution in [-0.4, -0.2) is 11.8 Å². The molecule has 2 heterocycles. The van der Waals surface area contributed by atoms with Crippen LogP contribution in [0.3, 0.4) is 0 Å². The number of hydrazine groups is 1. The van der Waals surface area contributed by atoms with Crippen LogP contribution >= 0.6 is 11.3 Å². The number of carbonyl (C=O) groups excluding carboxylic acids is 2. The largest absolute Gasteiger partial charge is 0.416 e. The number of halogens is 3. The highest BCUT2D eigenvalue weighted by Gasteiger charge is 2.36. The molecule has 0 atom stereocenters. The molecule has 3 aromatic rings. The van der Waals surface area contributed by atoms with Crippen molar-refractivity contribution in [2.45, 2.75) is 6.18 Å². The monoisotopic (exact) mass is 388 g/mol. The van der Waals surface area contributed by atoms with Crippen LogP contribution in [0.2, 0.25) is 0 Å². The van der Waals surface area contributed by atoms with Crippen molar-refractivity contribution in [3.63, 3.8) is 0 Å². The van der Waals surface area contributed by atoms with Gasteiger partial charge >= 0.3 is 6.18 Å². The highest BCUT2D eigenvalue weighted by Crippen LogP contribution is 2.33. The highest BCUT2D eigenvalue weighted by molar-refractivity contribution is 7.19. The first-order valence-electron chi connectivity index (χ1n) is 7.86. The molecule has 8 heteroatoms. The molecule has 1 N–H and O–H groups in total. The van der Waals surface area contributed by atoms with Gasteiger partial charge in [-0.15, -0.1) is 11.3 Å². The maximum atomic E-state index is 12.9. The van der Waals surface area contributed by atoms with Crippen LogP contribution in [0, 0.1) is 0 Å². The molecule has 0 bridgehead atoms. The topological polar surface area (TPSA) is 49.4 Å². The number of carbonyl (C=O) groups is 2. The number of amides is 2. The predicted octanol–water partition coefficient (Wildman–Crippen LogP) is 4.38. The Morgan fingerprint density at radius 1 is 1.00 bits per heavy atom. The standard InChI is InChI=1S/C19H11F3N2O2S/c20-19(21,22)12-5-3-6-13(9-12)24-18(26)15(17(25)23-24)10-14-8-11-4-1-2-7-16(11)27-14/h1-10H,(H,23,25). The molecule has 27 heavy (non-hydrogen) atoms. The molecule has 136 valence electrons. The van der Waals surface area contributed by atoms with Crippen LogP contribution in [0.5, 0.6) is 0 Å². The first-order valence-corrected chi connectivity index (χ1v) is 8.67. The number of rotatable bonds is 2. The molecule has 1 aromatic heterocycles. The summed E-state index contributed by atoms with van der Waals surface area (Å²) in [5.74, 6) is -1.35. The van der Waals surface area contributed by atoms with Crippen molar-refractivity contribution in [2.75, 3.05) is 5.01 Å². The average molecular weight is 388 g/mol. The van der Waals surface area contributed by atoms with Gasteiger partial charge in [-0.25, -0.2) is 5.01 Å². The Kier molecular flexibility index (Phi) is 4.00. The summed E-state index contributed by atoms with van der Waals surface area (Å²) in [4.78, 5) is 25.5. The van der Waals surface area contributed by atoms with Gasteiger partial charge < -0.3 is 0 Å². The average Bonchev–Trinajstić information content (AvgIpc) is 3.16. The van der Waals surface area contributed by atoms with E-state index in [1.54, 1.807) is 0 Å². The second-order valence-electron chi connectivity index (χ2n) is 5.87. The van der Waals surface area contributed by atoms with Gasteiger partial charge in [0.15, 0.2) is 0 Å². The lowest BCUT2D eigenvalue weighted by Crippen LogP contribution is -2.35. The second kappa shape index (κ2) is 6.24. The Hall–Kier alpha value is -3.13. The lowest BCUT2D eigenvalue weighted by molar-refractivity contribution is -0.137. The second-order valence-corrected chi connectivity index (χ2v) is 6.99. The van der Waals surface area contributed by atoms with Crippen molar-refractivity contribution in [1.82, 2.24) is 5.43 Å². The summed E-state index contributed by atoms with van der Waals surface area (Å²) in [6.45, 7) is 0. The summed E-state index contributed by atoms with van der Waals surface area (Å²) in [7, 11) is 0. The fraction of sp³-hybridized carbons (Fsp3) is 0.0526. The molecule has 1 saturated heterocycles. The number of thiophene rings is 1. The summed E-state index contributed by atoms with van der Waals surface area (Å²) < 4.78 is 39.7. The van der Waals surface area contributed by atoms with E-state index < -0.39 is 23.6 Å². The summed E-state index contributed by atoms with van der Waals surface area (Å²) in [5, 5.41) is 1.81.